The van der Waals surface area contributed by atoms with Crippen LogP contribution in [0.15, 0.2) is 54.6 Å². The minimum absolute atomic E-state index is 0.0378. The van der Waals surface area contributed by atoms with Crippen LogP contribution in [0.1, 0.15) is 28.2 Å². The SMILES string of the molecule is Cc1cccc(-c2cc3n(n2)CCCN(C(=O)c2n[nH]c4ccccc24)C3)c1. The summed E-state index contributed by atoms with van der Waals surface area (Å²) in [4.78, 5) is 15.1. The topological polar surface area (TPSA) is 66.8 Å². The maximum Gasteiger partial charge on any atom is 0.275 e. The molecule has 0 unspecified atom stereocenters. The van der Waals surface area contributed by atoms with E-state index in [9.17, 15) is 4.79 Å². The van der Waals surface area contributed by atoms with Gasteiger partial charge in [-0.05, 0) is 31.5 Å². The first-order valence-electron chi connectivity index (χ1n) is 9.55. The highest BCUT2D eigenvalue weighted by Gasteiger charge is 2.25. The van der Waals surface area contributed by atoms with Gasteiger partial charge in [0.25, 0.3) is 5.91 Å². The molecule has 0 saturated heterocycles. The maximum absolute atomic E-state index is 13.2. The standard InChI is InChI=1S/C22H21N5O/c1-15-6-4-7-16(12-15)20-13-17-14-26(10-5-11-27(17)25-20)22(28)21-18-8-2-3-9-19(18)23-24-21/h2-4,6-9,12-13H,5,10-11,14H2,1H3,(H,23,24). The lowest BCUT2D eigenvalue weighted by molar-refractivity contribution is 0.0741. The summed E-state index contributed by atoms with van der Waals surface area (Å²) in [6.45, 7) is 4.13. The lowest BCUT2D eigenvalue weighted by Gasteiger charge is -2.18. The fraction of sp³-hybridized carbons (Fsp3) is 0.227. The normalized spacial score (nSPS) is 14.1. The van der Waals surface area contributed by atoms with Gasteiger partial charge >= 0.3 is 0 Å². The first kappa shape index (κ1) is 16.7. The van der Waals surface area contributed by atoms with Gasteiger partial charge in [0.15, 0.2) is 5.69 Å². The largest absolute Gasteiger partial charge is 0.331 e. The van der Waals surface area contributed by atoms with E-state index < -0.39 is 0 Å². The van der Waals surface area contributed by atoms with Gasteiger partial charge in [0.05, 0.1) is 23.4 Å². The summed E-state index contributed by atoms with van der Waals surface area (Å²) in [7, 11) is 0. The highest BCUT2D eigenvalue weighted by molar-refractivity contribution is 6.04. The molecule has 0 fully saturated rings. The van der Waals surface area contributed by atoms with E-state index in [1.165, 1.54) is 5.56 Å². The van der Waals surface area contributed by atoms with Crippen LogP contribution in [0, 0.1) is 6.92 Å². The van der Waals surface area contributed by atoms with E-state index in [4.69, 9.17) is 5.10 Å². The zero-order valence-corrected chi connectivity index (χ0v) is 15.7. The van der Waals surface area contributed by atoms with Gasteiger partial charge in [-0.1, -0.05) is 42.0 Å². The van der Waals surface area contributed by atoms with Crippen molar-refractivity contribution in [2.24, 2.45) is 0 Å². The molecule has 0 aliphatic carbocycles. The van der Waals surface area contributed by atoms with E-state index in [0.717, 1.165) is 40.8 Å². The van der Waals surface area contributed by atoms with Gasteiger partial charge in [0.2, 0.25) is 0 Å². The molecule has 0 spiro atoms. The van der Waals surface area contributed by atoms with Crippen LogP contribution in [0.4, 0.5) is 0 Å². The Balaban J connectivity index is 1.46. The van der Waals surface area contributed by atoms with Crippen molar-refractivity contribution in [1.29, 1.82) is 0 Å². The molecule has 1 amide bonds. The van der Waals surface area contributed by atoms with Crippen LogP contribution in [0.2, 0.25) is 0 Å². The van der Waals surface area contributed by atoms with Crippen molar-refractivity contribution in [2.45, 2.75) is 26.4 Å². The van der Waals surface area contributed by atoms with Crippen LogP contribution in [0.25, 0.3) is 22.2 Å². The van der Waals surface area contributed by atoms with E-state index in [-0.39, 0.29) is 5.91 Å². The molecule has 2 aromatic carbocycles. The summed E-state index contributed by atoms with van der Waals surface area (Å²) >= 11 is 0. The van der Waals surface area contributed by atoms with E-state index in [2.05, 4.69) is 41.4 Å². The summed E-state index contributed by atoms with van der Waals surface area (Å²) < 4.78 is 2.04. The van der Waals surface area contributed by atoms with Crippen molar-refractivity contribution < 1.29 is 4.79 Å². The van der Waals surface area contributed by atoms with E-state index in [0.29, 0.717) is 18.8 Å². The summed E-state index contributed by atoms with van der Waals surface area (Å²) in [6, 6.07) is 18.2. The number of fused-ring (bicyclic) bond motifs is 2. The molecule has 0 saturated carbocycles. The zero-order chi connectivity index (χ0) is 19.1. The smallest absolute Gasteiger partial charge is 0.275 e. The van der Waals surface area contributed by atoms with Crippen molar-refractivity contribution in [3.63, 3.8) is 0 Å². The Hall–Kier alpha value is -3.41. The number of hydrogen-bond acceptors (Lipinski definition) is 3. The number of carbonyl (C=O) groups excluding carboxylic acids is 1. The van der Waals surface area contributed by atoms with E-state index in [1.807, 2.05) is 39.9 Å². The van der Waals surface area contributed by atoms with Crippen LogP contribution in [-0.2, 0) is 13.1 Å². The second kappa shape index (κ2) is 6.64. The van der Waals surface area contributed by atoms with Gasteiger partial charge in [0, 0.05) is 24.0 Å². The predicted molar refractivity (Wildman–Crippen MR) is 108 cm³/mol. The van der Waals surface area contributed by atoms with Crippen molar-refractivity contribution in [2.75, 3.05) is 6.54 Å². The third-order valence-corrected chi connectivity index (χ3v) is 5.29. The molecule has 140 valence electrons. The van der Waals surface area contributed by atoms with Crippen LogP contribution >= 0.6 is 0 Å². The molecule has 0 radical (unpaired) electrons. The van der Waals surface area contributed by atoms with E-state index >= 15 is 0 Å². The molecule has 0 atom stereocenters. The van der Waals surface area contributed by atoms with Crippen molar-refractivity contribution in [3.8, 4) is 11.3 Å². The quantitative estimate of drug-likeness (QED) is 0.583. The Labute approximate surface area is 162 Å². The number of aryl methyl sites for hydroxylation is 2. The Kier molecular flexibility index (Phi) is 3.97. The third-order valence-electron chi connectivity index (χ3n) is 5.29. The number of H-pyrrole nitrogens is 1. The Morgan fingerprint density at radius 1 is 1.07 bits per heavy atom. The lowest BCUT2D eigenvalue weighted by atomic mass is 10.1. The molecular weight excluding hydrogens is 350 g/mol. The molecule has 1 N–H and O–H groups in total. The molecule has 3 heterocycles. The first-order valence-corrected chi connectivity index (χ1v) is 9.55. The summed E-state index contributed by atoms with van der Waals surface area (Å²) in [5.41, 5.74) is 5.70. The molecule has 0 bridgehead atoms. The van der Waals surface area contributed by atoms with Crippen LogP contribution < -0.4 is 0 Å². The highest BCUT2D eigenvalue weighted by Crippen LogP contribution is 2.24. The van der Waals surface area contributed by atoms with Gasteiger partial charge in [-0.3, -0.25) is 14.6 Å². The predicted octanol–water partition coefficient (Wildman–Crippen LogP) is 3.78. The Bertz CT molecular complexity index is 1170. The fourth-order valence-corrected chi connectivity index (χ4v) is 3.86. The molecule has 1 aliphatic heterocycles. The summed E-state index contributed by atoms with van der Waals surface area (Å²) in [6.07, 6.45) is 0.871. The van der Waals surface area contributed by atoms with Gasteiger partial charge in [0.1, 0.15) is 0 Å². The second-order valence-corrected chi connectivity index (χ2v) is 7.31. The van der Waals surface area contributed by atoms with Crippen molar-refractivity contribution in [3.05, 3.63) is 71.5 Å². The monoisotopic (exact) mass is 371 g/mol. The minimum Gasteiger partial charge on any atom is -0.331 e. The zero-order valence-electron chi connectivity index (χ0n) is 15.7. The fourth-order valence-electron chi connectivity index (χ4n) is 3.86. The molecule has 4 aromatic rings. The Morgan fingerprint density at radius 2 is 1.96 bits per heavy atom. The minimum atomic E-state index is -0.0378. The highest BCUT2D eigenvalue weighted by atomic mass is 16.2. The number of benzene rings is 2. The Morgan fingerprint density at radius 3 is 2.86 bits per heavy atom. The molecule has 5 rings (SSSR count). The molecular formula is C22H21N5O. The lowest BCUT2D eigenvalue weighted by Crippen LogP contribution is -2.31. The number of aromatic amines is 1. The third kappa shape index (κ3) is 2.87. The number of para-hydroxylation sites is 1. The average Bonchev–Trinajstić information content (AvgIpc) is 3.26. The first-order chi connectivity index (χ1) is 13.7. The molecule has 6 nitrogen and oxygen atoms in total. The van der Waals surface area contributed by atoms with Crippen LogP contribution in [0.5, 0.6) is 0 Å². The van der Waals surface area contributed by atoms with Gasteiger partial charge in [-0.15, -0.1) is 0 Å². The second-order valence-electron chi connectivity index (χ2n) is 7.31. The van der Waals surface area contributed by atoms with Gasteiger partial charge in [-0.2, -0.15) is 10.2 Å². The number of aromatic nitrogens is 4. The average molecular weight is 371 g/mol. The molecule has 28 heavy (non-hydrogen) atoms. The molecule has 6 heteroatoms. The van der Waals surface area contributed by atoms with Crippen molar-refractivity contribution in [1.82, 2.24) is 24.9 Å². The summed E-state index contributed by atoms with van der Waals surface area (Å²) in [5, 5.41) is 12.9. The molecule has 2 aromatic heterocycles. The number of amides is 1. The molecule has 1 aliphatic rings. The van der Waals surface area contributed by atoms with Crippen LogP contribution in [0.3, 0.4) is 0 Å². The summed E-state index contributed by atoms with van der Waals surface area (Å²) in [5.74, 6) is -0.0378. The van der Waals surface area contributed by atoms with Crippen LogP contribution in [-0.4, -0.2) is 37.3 Å². The number of hydrogen-bond donors (Lipinski definition) is 1. The number of nitrogens with one attached hydrogen (secondary N) is 1. The van der Waals surface area contributed by atoms with Gasteiger partial charge < -0.3 is 4.90 Å². The maximum atomic E-state index is 13.2. The van der Waals surface area contributed by atoms with Crippen molar-refractivity contribution >= 4 is 16.8 Å². The van der Waals surface area contributed by atoms with Gasteiger partial charge in [-0.25, -0.2) is 0 Å². The number of rotatable bonds is 2. The number of carbonyl (C=O) groups is 1. The van der Waals surface area contributed by atoms with E-state index in [1.54, 1.807) is 0 Å². The number of nitrogens with zero attached hydrogens (tertiary/aromatic N) is 4.